The lowest BCUT2D eigenvalue weighted by atomic mass is 10.1. The van der Waals surface area contributed by atoms with Gasteiger partial charge in [0.25, 0.3) is 0 Å². The molecule has 0 aliphatic heterocycles. The zero-order valence-corrected chi connectivity index (χ0v) is 11.3. The largest absolute Gasteiger partial charge is 0.305 e. The van der Waals surface area contributed by atoms with Crippen molar-refractivity contribution in [2.45, 2.75) is 26.4 Å². The van der Waals surface area contributed by atoms with E-state index in [0.29, 0.717) is 5.56 Å². The van der Waals surface area contributed by atoms with Crippen molar-refractivity contribution in [3.05, 3.63) is 51.5 Å². The van der Waals surface area contributed by atoms with Crippen LogP contribution in [0.5, 0.6) is 0 Å². The lowest BCUT2D eigenvalue weighted by Gasteiger charge is -2.12. The third-order valence-electron chi connectivity index (χ3n) is 2.84. The van der Waals surface area contributed by atoms with Crippen LogP contribution in [-0.2, 0) is 6.54 Å². The molecule has 0 spiro atoms. The van der Waals surface area contributed by atoms with Crippen LogP contribution >= 0.6 is 11.3 Å². The van der Waals surface area contributed by atoms with Crippen LogP contribution in [0.3, 0.4) is 0 Å². The quantitative estimate of drug-likeness (QED) is 0.915. The molecule has 4 heteroatoms. The maximum absolute atomic E-state index is 8.85. The first kappa shape index (κ1) is 12.7. The van der Waals surface area contributed by atoms with Crippen LogP contribution in [0.1, 0.15) is 34.7 Å². The second kappa shape index (κ2) is 5.76. The minimum atomic E-state index is 0.281. The summed E-state index contributed by atoms with van der Waals surface area (Å²) in [5.74, 6) is 0. The third-order valence-corrected chi connectivity index (χ3v) is 3.96. The fourth-order valence-electron chi connectivity index (χ4n) is 1.84. The van der Waals surface area contributed by atoms with E-state index < -0.39 is 0 Å². The molecule has 0 aliphatic carbocycles. The molecular weight excluding hydrogens is 242 g/mol. The molecule has 0 saturated heterocycles. The molecule has 1 unspecified atom stereocenters. The van der Waals surface area contributed by atoms with Crippen molar-refractivity contribution in [3.63, 3.8) is 0 Å². The highest BCUT2D eigenvalue weighted by molar-refractivity contribution is 7.09. The number of hydrogen-bond acceptors (Lipinski definition) is 4. The molecule has 3 nitrogen and oxygen atoms in total. The van der Waals surface area contributed by atoms with Gasteiger partial charge >= 0.3 is 0 Å². The van der Waals surface area contributed by atoms with Crippen molar-refractivity contribution >= 4 is 11.3 Å². The van der Waals surface area contributed by atoms with Crippen molar-refractivity contribution < 1.29 is 0 Å². The molecule has 0 radical (unpaired) electrons. The van der Waals surface area contributed by atoms with E-state index in [4.69, 9.17) is 5.26 Å². The Morgan fingerprint density at radius 3 is 3.00 bits per heavy atom. The van der Waals surface area contributed by atoms with Gasteiger partial charge in [0.15, 0.2) is 0 Å². The van der Waals surface area contributed by atoms with E-state index >= 15 is 0 Å². The summed E-state index contributed by atoms with van der Waals surface area (Å²) in [4.78, 5) is 5.53. The predicted octanol–water partition coefficient (Wildman–Crippen LogP) is 3.17. The van der Waals surface area contributed by atoms with E-state index in [1.807, 2.05) is 36.7 Å². The average molecular weight is 257 g/mol. The minimum Gasteiger partial charge on any atom is -0.305 e. The summed E-state index contributed by atoms with van der Waals surface area (Å²) >= 11 is 1.67. The van der Waals surface area contributed by atoms with Crippen molar-refractivity contribution in [1.82, 2.24) is 10.3 Å². The molecule has 0 amide bonds. The van der Waals surface area contributed by atoms with Crippen molar-refractivity contribution in [2.24, 2.45) is 0 Å². The molecular formula is C14H15N3S. The summed E-state index contributed by atoms with van der Waals surface area (Å²) in [5.41, 5.74) is 4.80. The van der Waals surface area contributed by atoms with Gasteiger partial charge in [-0.05, 0) is 31.5 Å². The Labute approximate surface area is 111 Å². The topological polar surface area (TPSA) is 48.7 Å². The van der Waals surface area contributed by atoms with Crippen LogP contribution in [0.15, 0.2) is 29.8 Å². The highest BCUT2D eigenvalue weighted by atomic mass is 32.1. The Morgan fingerprint density at radius 2 is 2.33 bits per heavy atom. The van der Waals surface area contributed by atoms with E-state index in [1.54, 1.807) is 11.3 Å². The predicted molar refractivity (Wildman–Crippen MR) is 73.3 cm³/mol. The zero-order chi connectivity index (χ0) is 13.0. The van der Waals surface area contributed by atoms with Crippen molar-refractivity contribution in [1.29, 1.82) is 5.26 Å². The van der Waals surface area contributed by atoms with E-state index in [9.17, 15) is 0 Å². The highest BCUT2D eigenvalue weighted by Gasteiger charge is 2.10. The van der Waals surface area contributed by atoms with Gasteiger partial charge in [0.05, 0.1) is 22.8 Å². The Bertz CT molecular complexity index is 568. The number of rotatable bonds is 4. The van der Waals surface area contributed by atoms with Gasteiger partial charge < -0.3 is 5.32 Å². The van der Waals surface area contributed by atoms with Gasteiger partial charge in [0.1, 0.15) is 0 Å². The Morgan fingerprint density at radius 1 is 1.50 bits per heavy atom. The van der Waals surface area contributed by atoms with E-state index in [-0.39, 0.29) is 6.04 Å². The number of hydrogen-bond donors (Lipinski definition) is 1. The van der Waals surface area contributed by atoms with Crippen LogP contribution < -0.4 is 5.32 Å². The molecule has 1 aromatic carbocycles. The van der Waals surface area contributed by atoms with Crippen LogP contribution in [0, 0.1) is 18.3 Å². The monoisotopic (exact) mass is 257 g/mol. The molecule has 2 aromatic rings. The first-order valence-electron chi connectivity index (χ1n) is 5.83. The summed E-state index contributed by atoms with van der Waals surface area (Å²) in [7, 11) is 0. The number of nitrogens with zero attached hydrogens (tertiary/aromatic N) is 2. The molecule has 1 N–H and O–H groups in total. The Hall–Kier alpha value is -1.70. The molecule has 92 valence electrons. The van der Waals surface area contributed by atoms with Crippen LogP contribution in [-0.4, -0.2) is 4.98 Å². The lowest BCUT2D eigenvalue weighted by molar-refractivity contribution is 0.579. The van der Waals surface area contributed by atoms with Gasteiger partial charge in [-0.15, -0.1) is 11.3 Å². The van der Waals surface area contributed by atoms with Gasteiger partial charge in [-0.2, -0.15) is 5.26 Å². The normalized spacial score (nSPS) is 12.1. The summed E-state index contributed by atoms with van der Waals surface area (Å²) in [6.45, 7) is 4.92. The summed E-state index contributed by atoms with van der Waals surface area (Å²) in [6.07, 6.45) is 0. The number of benzene rings is 1. The Kier molecular flexibility index (Phi) is 4.08. The summed E-state index contributed by atoms with van der Waals surface area (Å²) < 4.78 is 0. The van der Waals surface area contributed by atoms with Gasteiger partial charge in [0.2, 0.25) is 0 Å². The van der Waals surface area contributed by atoms with Gasteiger partial charge in [0, 0.05) is 17.5 Å². The lowest BCUT2D eigenvalue weighted by Crippen LogP contribution is -2.17. The molecule has 18 heavy (non-hydrogen) atoms. The molecule has 2 rings (SSSR count). The molecule has 0 bridgehead atoms. The van der Waals surface area contributed by atoms with Gasteiger partial charge in [-0.1, -0.05) is 12.1 Å². The van der Waals surface area contributed by atoms with Crippen molar-refractivity contribution in [2.75, 3.05) is 0 Å². The minimum absolute atomic E-state index is 0.281. The van der Waals surface area contributed by atoms with E-state index in [0.717, 1.165) is 17.8 Å². The Balaban J connectivity index is 1.99. The van der Waals surface area contributed by atoms with E-state index in [1.165, 1.54) is 4.88 Å². The zero-order valence-electron chi connectivity index (χ0n) is 10.5. The van der Waals surface area contributed by atoms with Crippen LogP contribution in [0.4, 0.5) is 0 Å². The number of thiazole rings is 1. The maximum atomic E-state index is 8.85. The molecule has 1 aromatic heterocycles. The molecule has 0 aliphatic rings. The van der Waals surface area contributed by atoms with Crippen LogP contribution in [0.25, 0.3) is 0 Å². The van der Waals surface area contributed by atoms with Gasteiger partial charge in [-0.3, -0.25) is 0 Å². The second-order valence-electron chi connectivity index (χ2n) is 4.22. The van der Waals surface area contributed by atoms with Crippen molar-refractivity contribution in [3.8, 4) is 6.07 Å². The molecule has 1 heterocycles. The first-order valence-corrected chi connectivity index (χ1v) is 6.71. The third kappa shape index (κ3) is 2.95. The van der Waals surface area contributed by atoms with Gasteiger partial charge in [-0.25, -0.2) is 4.98 Å². The maximum Gasteiger partial charge on any atom is 0.0991 e. The number of aryl methyl sites for hydroxylation is 1. The number of nitrogens with one attached hydrogen (secondary N) is 1. The fraction of sp³-hybridized carbons (Fsp3) is 0.286. The number of aromatic nitrogens is 1. The smallest absolute Gasteiger partial charge is 0.0991 e. The number of nitriles is 1. The van der Waals surface area contributed by atoms with E-state index in [2.05, 4.69) is 23.3 Å². The standard InChI is InChI=1S/C14H15N3S/c1-10(14-11(2)17-9-18-14)16-8-13-5-3-4-12(6-13)7-15/h3-6,9-10,16H,8H2,1-2H3. The fourth-order valence-corrected chi connectivity index (χ4v) is 2.68. The molecule has 0 saturated carbocycles. The summed E-state index contributed by atoms with van der Waals surface area (Å²) in [6, 6.07) is 10.1. The van der Waals surface area contributed by atoms with Crippen LogP contribution in [0.2, 0.25) is 0 Å². The average Bonchev–Trinajstić information content (AvgIpc) is 2.82. The first-order chi connectivity index (χ1) is 8.70. The summed E-state index contributed by atoms with van der Waals surface area (Å²) in [5, 5.41) is 12.3. The molecule has 0 fully saturated rings. The molecule has 1 atom stereocenters. The SMILES string of the molecule is Cc1ncsc1C(C)NCc1cccc(C#N)c1. The second-order valence-corrected chi connectivity index (χ2v) is 5.10. The highest BCUT2D eigenvalue weighted by Crippen LogP contribution is 2.21.